The first-order valence-electron chi connectivity index (χ1n) is 6.38. The fraction of sp³-hybridized carbons (Fsp3) is 0.385. The van der Waals surface area contributed by atoms with Crippen molar-refractivity contribution in [2.75, 3.05) is 6.54 Å². The summed E-state index contributed by atoms with van der Waals surface area (Å²) in [5.74, 6) is 0. The SMILES string of the molecule is N#CCC1CC(NS(=O)(=O)c2cc(Cl)ccc2Cl)CN1C#N. The highest BCUT2D eigenvalue weighted by atomic mass is 35.5. The average molecular weight is 359 g/mol. The lowest BCUT2D eigenvalue weighted by atomic mass is 10.1. The van der Waals surface area contributed by atoms with Crippen molar-refractivity contribution >= 4 is 33.2 Å². The quantitative estimate of drug-likeness (QED) is 0.831. The molecule has 22 heavy (non-hydrogen) atoms. The van der Waals surface area contributed by atoms with Crippen LogP contribution in [0.15, 0.2) is 23.1 Å². The summed E-state index contributed by atoms with van der Waals surface area (Å²) >= 11 is 11.7. The molecule has 116 valence electrons. The highest BCUT2D eigenvalue weighted by molar-refractivity contribution is 7.89. The molecule has 0 amide bonds. The molecule has 6 nitrogen and oxygen atoms in total. The smallest absolute Gasteiger partial charge is 0.242 e. The van der Waals surface area contributed by atoms with Crippen LogP contribution in [-0.2, 0) is 10.0 Å². The van der Waals surface area contributed by atoms with E-state index >= 15 is 0 Å². The molecule has 0 aliphatic carbocycles. The van der Waals surface area contributed by atoms with Gasteiger partial charge in [0.1, 0.15) is 4.90 Å². The molecule has 1 aliphatic heterocycles. The summed E-state index contributed by atoms with van der Waals surface area (Å²) in [6.07, 6.45) is 2.53. The summed E-state index contributed by atoms with van der Waals surface area (Å²) in [5.41, 5.74) is 0. The third-order valence-corrected chi connectivity index (χ3v) is 5.61. The van der Waals surface area contributed by atoms with Gasteiger partial charge in [0.15, 0.2) is 6.19 Å². The van der Waals surface area contributed by atoms with Crippen molar-refractivity contribution in [1.29, 1.82) is 10.5 Å². The fourth-order valence-corrected chi connectivity index (χ4v) is 4.39. The van der Waals surface area contributed by atoms with Crippen LogP contribution in [0.4, 0.5) is 0 Å². The van der Waals surface area contributed by atoms with Gasteiger partial charge < -0.3 is 4.90 Å². The fourth-order valence-electron chi connectivity index (χ4n) is 2.39. The average Bonchev–Trinajstić information content (AvgIpc) is 2.83. The van der Waals surface area contributed by atoms with E-state index in [0.717, 1.165) is 0 Å². The summed E-state index contributed by atoms with van der Waals surface area (Å²) < 4.78 is 27.3. The van der Waals surface area contributed by atoms with Crippen LogP contribution < -0.4 is 4.72 Å². The van der Waals surface area contributed by atoms with Crippen molar-refractivity contribution in [1.82, 2.24) is 9.62 Å². The van der Waals surface area contributed by atoms with Crippen LogP contribution in [0.1, 0.15) is 12.8 Å². The molecular formula is C13H12Cl2N4O2S. The second kappa shape index (κ2) is 6.72. The Kier molecular flexibility index (Phi) is 5.15. The molecule has 1 N–H and O–H groups in total. The minimum absolute atomic E-state index is 0.0700. The van der Waals surface area contributed by atoms with E-state index in [4.69, 9.17) is 33.7 Å². The van der Waals surface area contributed by atoms with E-state index in [9.17, 15) is 8.42 Å². The van der Waals surface area contributed by atoms with Crippen LogP contribution in [0, 0.1) is 22.8 Å². The summed E-state index contributed by atoms with van der Waals surface area (Å²) in [6, 6.07) is 5.44. The lowest BCUT2D eigenvalue weighted by Gasteiger charge is -2.14. The standard InChI is InChI=1S/C13H12Cl2N4O2S/c14-9-1-2-12(15)13(5-9)22(20,21)18-10-6-11(3-4-16)19(7-10)8-17/h1-2,5,10-11,18H,3,6-7H2. The predicted molar refractivity (Wildman–Crippen MR) is 81.5 cm³/mol. The zero-order valence-electron chi connectivity index (χ0n) is 11.3. The molecule has 0 radical (unpaired) electrons. The lowest BCUT2D eigenvalue weighted by molar-refractivity contribution is 0.367. The minimum Gasteiger partial charge on any atom is -0.305 e. The van der Waals surface area contributed by atoms with Gasteiger partial charge in [-0.1, -0.05) is 23.2 Å². The maximum Gasteiger partial charge on any atom is 0.242 e. The molecule has 2 rings (SSSR count). The number of nitrogens with zero attached hydrogens (tertiary/aromatic N) is 3. The van der Waals surface area contributed by atoms with Gasteiger partial charge in [-0.3, -0.25) is 0 Å². The molecule has 1 aromatic carbocycles. The van der Waals surface area contributed by atoms with E-state index in [0.29, 0.717) is 6.42 Å². The van der Waals surface area contributed by atoms with Crippen molar-refractivity contribution in [2.24, 2.45) is 0 Å². The summed E-state index contributed by atoms with van der Waals surface area (Å²) in [6.45, 7) is 0.222. The molecule has 1 aromatic rings. The summed E-state index contributed by atoms with van der Waals surface area (Å²) in [7, 11) is -3.85. The van der Waals surface area contributed by atoms with Crippen LogP contribution in [0.5, 0.6) is 0 Å². The normalized spacial score (nSPS) is 21.4. The Morgan fingerprint density at radius 3 is 2.73 bits per heavy atom. The Balaban J connectivity index is 2.19. The van der Waals surface area contributed by atoms with Crippen molar-refractivity contribution < 1.29 is 8.42 Å². The van der Waals surface area contributed by atoms with Gasteiger partial charge in [0.05, 0.1) is 23.6 Å². The van der Waals surface area contributed by atoms with E-state index in [1.54, 1.807) is 0 Å². The Hall–Kier alpha value is -1.51. The van der Waals surface area contributed by atoms with Gasteiger partial charge in [-0.2, -0.15) is 10.5 Å². The number of hydrogen-bond donors (Lipinski definition) is 1. The van der Waals surface area contributed by atoms with Gasteiger partial charge in [0.25, 0.3) is 0 Å². The number of sulfonamides is 1. The van der Waals surface area contributed by atoms with Crippen LogP contribution in [-0.4, -0.2) is 31.9 Å². The Morgan fingerprint density at radius 2 is 2.09 bits per heavy atom. The highest BCUT2D eigenvalue weighted by Gasteiger charge is 2.34. The van der Waals surface area contributed by atoms with Gasteiger partial charge in [-0.05, 0) is 24.6 Å². The summed E-state index contributed by atoms with van der Waals surface area (Å²) in [4.78, 5) is 1.31. The largest absolute Gasteiger partial charge is 0.305 e. The van der Waals surface area contributed by atoms with Crippen molar-refractivity contribution in [3.63, 3.8) is 0 Å². The number of hydrogen-bond acceptors (Lipinski definition) is 5. The Labute approximate surface area is 138 Å². The molecule has 0 aromatic heterocycles. The van der Waals surface area contributed by atoms with Crippen LogP contribution >= 0.6 is 23.2 Å². The van der Waals surface area contributed by atoms with Crippen molar-refractivity contribution in [3.8, 4) is 12.3 Å². The van der Waals surface area contributed by atoms with Crippen molar-refractivity contribution in [2.45, 2.75) is 29.8 Å². The third kappa shape index (κ3) is 3.63. The predicted octanol–water partition coefficient (Wildman–Crippen LogP) is 2.11. The zero-order chi connectivity index (χ0) is 16.3. The molecule has 2 atom stereocenters. The minimum atomic E-state index is -3.85. The number of halogens is 2. The van der Waals surface area contributed by atoms with Crippen molar-refractivity contribution in [3.05, 3.63) is 28.2 Å². The molecule has 1 fully saturated rings. The number of likely N-dealkylation sites (tertiary alicyclic amines) is 1. The van der Waals surface area contributed by atoms with E-state index in [-0.39, 0.29) is 33.9 Å². The van der Waals surface area contributed by atoms with E-state index in [1.165, 1.54) is 23.1 Å². The molecule has 1 saturated heterocycles. The molecule has 1 heterocycles. The molecule has 2 unspecified atom stereocenters. The molecular weight excluding hydrogens is 347 g/mol. The summed E-state index contributed by atoms with van der Waals surface area (Å²) in [5, 5.41) is 18.1. The van der Waals surface area contributed by atoms with Gasteiger partial charge in [-0.15, -0.1) is 0 Å². The molecule has 0 bridgehead atoms. The highest BCUT2D eigenvalue weighted by Crippen LogP contribution is 2.27. The number of benzene rings is 1. The van der Waals surface area contributed by atoms with Gasteiger partial charge >= 0.3 is 0 Å². The van der Waals surface area contributed by atoms with E-state index in [2.05, 4.69) is 4.72 Å². The van der Waals surface area contributed by atoms with Crippen LogP contribution in [0.3, 0.4) is 0 Å². The van der Waals surface area contributed by atoms with Gasteiger partial charge in [0.2, 0.25) is 10.0 Å². The Morgan fingerprint density at radius 1 is 1.36 bits per heavy atom. The van der Waals surface area contributed by atoms with Gasteiger partial charge in [0, 0.05) is 17.6 Å². The second-order valence-electron chi connectivity index (χ2n) is 4.90. The first-order valence-corrected chi connectivity index (χ1v) is 8.62. The van der Waals surface area contributed by atoms with E-state index < -0.39 is 16.1 Å². The number of nitrogens with one attached hydrogen (secondary N) is 1. The topological polar surface area (TPSA) is 97.0 Å². The number of nitriles is 2. The maximum atomic E-state index is 12.4. The zero-order valence-corrected chi connectivity index (χ0v) is 13.7. The molecule has 1 aliphatic rings. The van der Waals surface area contributed by atoms with Crippen LogP contribution in [0.2, 0.25) is 10.0 Å². The monoisotopic (exact) mass is 358 g/mol. The lowest BCUT2D eigenvalue weighted by Crippen LogP contribution is -2.36. The first kappa shape index (κ1) is 16.9. The number of rotatable bonds is 4. The van der Waals surface area contributed by atoms with Crippen LogP contribution in [0.25, 0.3) is 0 Å². The van der Waals surface area contributed by atoms with E-state index in [1.807, 2.05) is 12.3 Å². The second-order valence-corrected chi connectivity index (χ2v) is 7.42. The maximum absolute atomic E-state index is 12.4. The van der Waals surface area contributed by atoms with Gasteiger partial charge in [-0.25, -0.2) is 13.1 Å². The molecule has 9 heteroatoms. The Bertz CT molecular complexity index is 754. The first-order chi connectivity index (χ1) is 10.4. The molecule has 0 saturated carbocycles. The third-order valence-electron chi connectivity index (χ3n) is 3.37. The molecule has 0 spiro atoms.